The van der Waals surface area contributed by atoms with Crippen LogP contribution in [0.25, 0.3) is 0 Å². The van der Waals surface area contributed by atoms with E-state index in [4.69, 9.17) is 0 Å². The van der Waals surface area contributed by atoms with E-state index in [1.54, 1.807) is 12.3 Å². The highest BCUT2D eigenvalue weighted by atomic mass is 16.2. The summed E-state index contributed by atoms with van der Waals surface area (Å²) in [6.45, 7) is 7.77. The summed E-state index contributed by atoms with van der Waals surface area (Å²) in [6, 6.07) is 3.16. The van der Waals surface area contributed by atoms with Gasteiger partial charge in [-0.3, -0.25) is 14.8 Å². The second kappa shape index (κ2) is 7.10. The zero-order chi connectivity index (χ0) is 17.4. The molecule has 1 amide bonds. The van der Waals surface area contributed by atoms with E-state index in [0.717, 1.165) is 19.0 Å². The Labute approximate surface area is 151 Å². The van der Waals surface area contributed by atoms with Crippen LogP contribution in [0.3, 0.4) is 0 Å². The van der Waals surface area contributed by atoms with E-state index < -0.39 is 0 Å². The molecule has 4 heterocycles. The van der Waals surface area contributed by atoms with Gasteiger partial charge in [0.05, 0.1) is 0 Å². The standard InChI is InChI=1S/C20H32N4O/c1-14(2)6-7-19-16-11-15(18-5-3-4-10-24(18)19)12-23(13-16)20(25)17-8-9-21-22-17/h8-9,14-16,18-19H,3-7,10-13H2,1-2H3,(H,21,22)/t15-,16+,18+,19+/m1/s1. The number of aromatic amines is 1. The van der Waals surface area contributed by atoms with Gasteiger partial charge < -0.3 is 4.90 Å². The zero-order valence-corrected chi connectivity index (χ0v) is 15.7. The lowest BCUT2D eigenvalue weighted by Crippen LogP contribution is -2.64. The molecule has 0 spiro atoms. The van der Waals surface area contributed by atoms with E-state index >= 15 is 0 Å². The molecule has 25 heavy (non-hydrogen) atoms. The van der Waals surface area contributed by atoms with E-state index in [1.807, 2.05) is 0 Å². The van der Waals surface area contributed by atoms with Gasteiger partial charge in [-0.2, -0.15) is 5.10 Å². The predicted molar refractivity (Wildman–Crippen MR) is 98.3 cm³/mol. The molecule has 3 aliphatic rings. The molecular weight excluding hydrogens is 312 g/mol. The summed E-state index contributed by atoms with van der Waals surface area (Å²) in [6.07, 6.45) is 9.60. The summed E-state index contributed by atoms with van der Waals surface area (Å²) in [5.41, 5.74) is 0.638. The van der Waals surface area contributed by atoms with Crippen LogP contribution in [0.2, 0.25) is 0 Å². The highest BCUT2D eigenvalue weighted by Gasteiger charge is 2.47. The van der Waals surface area contributed by atoms with Gasteiger partial charge in [-0.1, -0.05) is 20.3 Å². The molecule has 0 aromatic carbocycles. The number of H-pyrrole nitrogens is 1. The van der Waals surface area contributed by atoms with E-state index in [9.17, 15) is 4.79 Å². The topological polar surface area (TPSA) is 52.2 Å². The van der Waals surface area contributed by atoms with E-state index in [1.165, 1.54) is 45.1 Å². The van der Waals surface area contributed by atoms with Crippen LogP contribution >= 0.6 is 0 Å². The SMILES string of the molecule is CC(C)CC[C@H]1[C@H]2C[C@H](CN(C(=O)c3ccn[nH]3)C2)[C@@H]2CCCCN21. The third-order valence-corrected chi connectivity index (χ3v) is 6.68. The van der Waals surface area contributed by atoms with Crippen molar-refractivity contribution in [1.82, 2.24) is 20.0 Å². The molecule has 5 nitrogen and oxygen atoms in total. The number of rotatable bonds is 4. The third kappa shape index (κ3) is 3.35. The molecule has 5 heteroatoms. The quantitative estimate of drug-likeness (QED) is 0.913. The Balaban J connectivity index is 1.54. The van der Waals surface area contributed by atoms with Gasteiger partial charge in [-0.05, 0) is 62.5 Å². The number of likely N-dealkylation sites (tertiary alicyclic amines) is 1. The van der Waals surface area contributed by atoms with Crippen LogP contribution in [0.5, 0.6) is 0 Å². The Bertz CT molecular complexity index is 585. The van der Waals surface area contributed by atoms with Crippen molar-refractivity contribution < 1.29 is 4.79 Å². The van der Waals surface area contributed by atoms with Crippen LogP contribution in [0.15, 0.2) is 12.3 Å². The number of fused-ring (bicyclic) bond motifs is 4. The number of nitrogens with one attached hydrogen (secondary N) is 1. The third-order valence-electron chi connectivity index (χ3n) is 6.68. The minimum atomic E-state index is 0.138. The van der Waals surface area contributed by atoms with Crippen molar-refractivity contribution in [3.63, 3.8) is 0 Å². The van der Waals surface area contributed by atoms with Crippen molar-refractivity contribution in [2.75, 3.05) is 19.6 Å². The minimum absolute atomic E-state index is 0.138. The zero-order valence-electron chi connectivity index (χ0n) is 15.7. The molecule has 1 aromatic heterocycles. The number of piperidine rings is 3. The van der Waals surface area contributed by atoms with Crippen LogP contribution in [-0.2, 0) is 0 Å². The summed E-state index contributed by atoms with van der Waals surface area (Å²) in [5, 5.41) is 6.81. The lowest BCUT2D eigenvalue weighted by atomic mass is 9.71. The molecule has 1 N–H and O–H groups in total. The maximum Gasteiger partial charge on any atom is 0.271 e. The predicted octanol–water partition coefficient (Wildman–Crippen LogP) is 3.16. The molecule has 4 atom stereocenters. The average molecular weight is 345 g/mol. The molecular formula is C20H32N4O. The van der Waals surface area contributed by atoms with Crippen molar-refractivity contribution in [1.29, 1.82) is 0 Å². The molecule has 3 aliphatic heterocycles. The first-order valence-corrected chi connectivity index (χ1v) is 10.2. The molecule has 0 saturated carbocycles. The van der Waals surface area contributed by atoms with Gasteiger partial charge in [-0.15, -0.1) is 0 Å². The average Bonchev–Trinajstić information content (AvgIpc) is 3.15. The fraction of sp³-hybridized carbons (Fsp3) is 0.800. The Kier molecular flexibility index (Phi) is 4.85. The monoisotopic (exact) mass is 344 g/mol. The van der Waals surface area contributed by atoms with Gasteiger partial charge in [-0.25, -0.2) is 0 Å². The number of amides is 1. The van der Waals surface area contributed by atoms with Crippen molar-refractivity contribution in [3.8, 4) is 0 Å². The summed E-state index contributed by atoms with van der Waals surface area (Å²) < 4.78 is 0. The first kappa shape index (κ1) is 17.1. The number of hydrogen-bond acceptors (Lipinski definition) is 3. The Morgan fingerprint density at radius 1 is 1.32 bits per heavy atom. The van der Waals surface area contributed by atoms with Crippen LogP contribution < -0.4 is 0 Å². The molecule has 0 radical (unpaired) electrons. The van der Waals surface area contributed by atoms with Crippen molar-refractivity contribution >= 4 is 5.91 Å². The highest BCUT2D eigenvalue weighted by molar-refractivity contribution is 5.92. The lowest BCUT2D eigenvalue weighted by molar-refractivity contribution is -0.0682. The van der Waals surface area contributed by atoms with Crippen molar-refractivity contribution in [3.05, 3.63) is 18.0 Å². The Morgan fingerprint density at radius 3 is 2.92 bits per heavy atom. The fourth-order valence-electron chi connectivity index (χ4n) is 5.52. The molecule has 1 aromatic rings. The van der Waals surface area contributed by atoms with Crippen LogP contribution in [-0.4, -0.2) is 57.6 Å². The van der Waals surface area contributed by atoms with E-state index in [0.29, 0.717) is 29.6 Å². The van der Waals surface area contributed by atoms with Gasteiger partial charge in [0.1, 0.15) is 5.69 Å². The number of nitrogens with zero attached hydrogens (tertiary/aromatic N) is 3. The summed E-state index contributed by atoms with van der Waals surface area (Å²) in [7, 11) is 0. The van der Waals surface area contributed by atoms with Gasteiger partial charge in [0.25, 0.3) is 5.91 Å². The van der Waals surface area contributed by atoms with Crippen molar-refractivity contribution in [2.45, 2.75) is 64.5 Å². The first-order chi connectivity index (χ1) is 12.1. The van der Waals surface area contributed by atoms with Crippen molar-refractivity contribution in [2.24, 2.45) is 17.8 Å². The molecule has 4 rings (SSSR count). The maximum absolute atomic E-state index is 12.9. The largest absolute Gasteiger partial charge is 0.337 e. The summed E-state index contributed by atoms with van der Waals surface area (Å²) in [4.78, 5) is 17.8. The first-order valence-electron chi connectivity index (χ1n) is 10.2. The Hall–Kier alpha value is -1.36. The minimum Gasteiger partial charge on any atom is -0.337 e. The maximum atomic E-state index is 12.9. The summed E-state index contributed by atoms with van der Waals surface area (Å²) in [5.74, 6) is 2.19. The second-order valence-corrected chi connectivity index (χ2v) is 8.78. The number of aromatic nitrogens is 2. The number of hydrogen-bond donors (Lipinski definition) is 1. The molecule has 138 valence electrons. The van der Waals surface area contributed by atoms with Crippen LogP contribution in [0, 0.1) is 17.8 Å². The van der Waals surface area contributed by atoms with E-state index in [2.05, 4.69) is 33.8 Å². The highest BCUT2D eigenvalue weighted by Crippen LogP contribution is 2.42. The number of carbonyl (C=O) groups is 1. The Morgan fingerprint density at radius 2 is 2.16 bits per heavy atom. The summed E-state index contributed by atoms with van der Waals surface area (Å²) >= 11 is 0. The molecule has 3 saturated heterocycles. The molecule has 3 fully saturated rings. The van der Waals surface area contributed by atoms with Gasteiger partial charge in [0.2, 0.25) is 0 Å². The van der Waals surface area contributed by atoms with Gasteiger partial charge in [0.15, 0.2) is 0 Å². The normalized spacial score (nSPS) is 32.7. The van der Waals surface area contributed by atoms with Gasteiger partial charge in [0, 0.05) is 31.4 Å². The second-order valence-electron chi connectivity index (χ2n) is 8.78. The molecule has 0 aliphatic carbocycles. The smallest absolute Gasteiger partial charge is 0.271 e. The molecule has 2 bridgehead atoms. The van der Waals surface area contributed by atoms with E-state index in [-0.39, 0.29) is 5.91 Å². The fourth-order valence-corrected chi connectivity index (χ4v) is 5.52. The lowest BCUT2D eigenvalue weighted by Gasteiger charge is -2.57. The van der Waals surface area contributed by atoms with Gasteiger partial charge >= 0.3 is 0 Å². The van der Waals surface area contributed by atoms with Crippen LogP contribution in [0.1, 0.15) is 62.9 Å². The number of carbonyl (C=O) groups excluding carboxylic acids is 1. The molecule has 0 unspecified atom stereocenters. The van der Waals surface area contributed by atoms with Crippen LogP contribution in [0.4, 0.5) is 0 Å².